The average molecular weight is 191 g/mol. The Labute approximate surface area is 72.5 Å². The van der Waals surface area contributed by atoms with Gasteiger partial charge in [0, 0.05) is 13.0 Å². The highest BCUT2D eigenvalue weighted by molar-refractivity contribution is 7.91. The maximum Gasteiger partial charge on any atom is 0.225 e. The first-order chi connectivity index (χ1) is 5.43. The van der Waals surface area contributed by atoms with E-state index in [2.05, 4.69) is 0 Å². The zero-order chi connectivity index (χ0) is 9.35. The number of carbonyl (C=O) groups excluding carboxylic acids is 1. The zero-order valence-corrected chi connectivity index (χ0v) is 8.10. The van der Waals surface area contributed by atoms with Gasteiger partial charge in [-0.15, -0.1) is 0 Å². The Balaban J connectivity index is 2.56. The van der Waals surface area contributed by atoms with Crippen molar-refractivity contribution in [3.8, 4) is 0 Å². The Morgan fingerprint density at radius 2 is 2.08 bits per heavy atom. The molecule has 1 saturated heterocycles. The van der Waals surface area contributed by atoms with Gasteiger partial charge in [0.1, 0.15) is 5.88 Å². The number of likely N-dealkylation sites (tertiary alicyclic amines) is 1. The quantitative estimate of drug-likeness (QED) is 0.590. The molecule has 0 bridgehead atoms. The van der Waals surface area contributed by atoms with E-state index in [0.717, 1.165) is 0 Å². The SMILES string of the molecule is CC(C)S(=O)(=O)CN1CCC1=O. The minimum Gasteiger partial charge on any atom is -0.328 e. The number of hydrogen-bond donors (Lipinski definition) is 0. The lowest BCUT2D eigenvalue weighted by atomic mass is 10.2. The zero-order valence-electron chi connectivity index (χ0n) is 7.28. The molecule has 0 aromatic rings. The summed E-state index contributed by atoms with van der Waals surface area (Å²) < 4.78 is 22.6. The van der Waals surface area contributed by atoms with Gasteiger partial charge < -0.3 is 4.90 Å². The predicted molar refractivity (Wildman–Crippen MR) is 45.3 cm³/mol. The van der Waals surface area contributed by atoms with Gasteiger partial charge in [-0.1, -0.05) is 0 Å². The lowest BCUT2D eigenvalue weighted by molar-refractivity contribution is -0.138. The standard InChI is InChI=1S/C7H13NO3S/c1-6(2)12(10,11)5-8-4-3-7(8)9/h6H,3-5H2,1-2H3. The van der Waals surface area contributed by atoms with Gasteiger partial charge in [0.25, 0.3) is 0 Å². The fourth-order valence-corrected chi connectivity index (χ4v) is 1.87. The molecule has 4 nitrogen and oxygen atoms in total. The number of β-lactam (4-membered cyclic amide) rings is 1. The second-order valence-electron chi connectivity index (χ2n) is 3.25. The van der Waals surface area contributed by atoms with E-state index in [-0.39, 0.29) is 11.8 Å². The summed E-state index contributed by atoms with van der Waals surface area (Å²) in [7, 11) is -3.09. The first kappa shape index (κ1) is 9.51. The lowest BCUT2D eigenvalue weighted by Crippen LogP contribution is -2.47. The first-order valence-corrected chi connectivity index (χ1v) is 5.64. The van der Waals surface area contributed by atoms with Gasteiger partial charge >= 0.3 is 0 Å². The van der Waals surface area contributed by atoms with Crippen molar-refractivity contribution in [1.82, 2.24) is 4.90 Å². The fourth-order valence-electron chi connectivity index (χ4n) is 0.864. The van der Waals surface area contributed by atoms with E-state index in [0.29, 0.717) is 13.0 Å². The van der Waals surface area contributed by atoms with Crippen LogP contribution in [-0.2, 0) is 14.6 Å². The molecule has 1 aliphatic heterocycles. The molecule has 0 aromatic carbocycles. The topological polar surface area (TPSA) is 54.5 Å². The summed E-state index contributed by atoms with van der Waals surface area (Å²) in [6.07, 6.45) is 0.494. The van der Waals surface area contributed by atoms with Crippen LogP contribution in [0.3, 0.4) is 0 Å². The summed E-state index contributed by atoms with van der Waals surface area (Å²) in [5, 5.41) is -0.397. The molecule has 1 amide bonds. The van der Waals surface area contributed by atoms with Crippen molar-refractivity contribution in [3.63, 3.8) is 0 Å². The van der Waals surface area contributed by atoms with Gasteiger partial charge in [-0.3, -0.25) is 4.79 Å². The predicted octanol–water partition coefficient (Wildman–Crippen LogP) is -0.000600. The number of hydrogen-bond acceptors (Lipinski definition) is 3. The summed E-state index contributed by atoms with van der Waals surface area (Å²) in [5.41, 5.74) is 0. The summed E-state index contributed by atoms with van der Waals surface area (Å²) in [6, 6.07) is 0. The molecular formula is C7H13NO3S. The Morgan fingerprint density at radius 3 is 2.33 bits per heavy atom. The molecular weight excluding hydrogens is 178 g/mol. The minimum absolute atomic E-state index is 0.0563. The molecule has 0 aliphatic carbocycles. The molecule has 0 unspecified atom stereocenters. The highest BCUT2D eigenvalue weighted by Crippen LogP contribution is 2.12. The van der Waals surface area contributed by atoms with Crippen LogP contribution in [0.25, 0.3) is 0 Å². The summed E-state index contributed by atoms with van der Waals surface area (Å²) >= 11 is 0. The van der Waals surface area contributed by atoms with Crippen LogP contribution in [0.2, 0.25) is 0 Å². The third kappa shape index (κ3) is 1.77. The van der Waals surface area contributed by atoms with Gasteiger partial charge in [0.15, 0.2) is 9.84 Å². The van der Waals surface area contributed by atoms with E-state index in [1.165, 1.54) is 4.90 Å². The Bertz CT molecular complexity index is 281. The van der Waals surface area contributed by atoms with Crippen molar-refractivity contribution in [2.45, 2.75) is 25.5 Å². The van der Waals surface area contributed by atoms with E-state index in [1.807, 2.05) is 0 Å². The van der Waals surface area contributed by atoms with Crippen molar-refractivity contribution in [1.29, 1.82) is 0 Å². The molecule has 0 N–H and O–H groups in total. The van der Waals surface area contributed by atoms with Crippen LogP contribution in [0.15, 0.2) is 0 Å². The third-order valence-corrected chi connectivity index (χ3v) is 4.11. The minimum atomic E-state index is -3.09. The van der Waals surface area contributed by atoms with Gasteiger partial charge in [-0.05, 0) is 13.8 Å². The van der Waals surface area contributed by atoms with E-state index in [4.69, 9.17) is 0 Å². The number of amides is 1. The largest absolute Gasteiger partial charge is 0.328 e. The van der Waals surface area contributed by atoms with Crippen LogP contribution < -0.4 is 0 Å². The monoisotopic (exact) mass is 191 g/mol. The number of sulfone groups is 1. The van der Waals surface area contributed by atoms with Crippen LogP contribution in [0.4, 0.5) is 0 Å². The van der Waals surface area contributed by atoms with Crippen molar-refractivity contribution >= 4 is 15.7 Å². The second-order valence-corrected chi connectivity index (χ2v) is 5.77. The van der Waals surface area contributed by atoms with Crippen molar-refractivity contribution in [2.24, 2.45) is 0 Å². The third-order valence-electron chi connectivity index (χ3n) is 2.00. The van der Waals surface area contributed by atoms with E-state index >= 15 is 0 Å². The number of nitrogens with zero attached hydrogens (tertiary/aromatic N) is 1. The molecule has 0 radical (unpaired) electrons. The number of carbonyl (C=O) groups is 1. The summed E-state index contributed by atoms with van der Waals surface area (Å²) in [4.78, 5) is 12.2. The summed E-state index contributed by atoms with van der Waals surface area (Å²) in [5.74, 6) is -0.164. The molecule has 0 atom stereocenters. The van der Waals surface area contributed by atoms with Crippen molar-refractivity contribution < 1.29 is 13.2 Å². The molecule has 70 valence electrons. The van der Waals surface area contributed by atoms with Crippen molar-refractivity contribution in [2.75, 3.05) is 12.4 Å². The highest BCUT2D eigenvalue weighted by Gasteiger charge is 2.29. The molecule has 12 heavy (non-hydrogen) atoms. The van der Waals surface area contributed by atoms with Crippen LogP contribution in [0.5, 0.6) is 0 Å². The van der Waals surface area contributed by atoms with Gasteiger partial charge in [-0.2, -0.15) is 0 Å². The molecule has 1 heterocycles. The van der Waals surface area contributed by atoms with E-state index < -0.39 is 15.1 Å². The van der Waals surface area contributed by atoms with Gasteiger partial charge in [0.05, 0.1) is 5.25 Å². The lowest BCUT2D eigenvalue weighted by Gasteiger charge is -2.30. The van der Waals surface area contributed by atoms with Crippen LogP contribution in [-0.4, -0.2) is 36.9 Å². The maximum absolute atomic E-state index is 11.3. The molecule has 5 heteroatoms. The fraction of sp³-hybridized carbons (Fsp3) is 0.857. The van der Waals surface area contributed by atoms with Gasteiger partial charge in [-0.25, -0.2) is 8.42 Å². The van der Waals surface area contributed by atoms with E-state index in [9.17, 15) is 13.2 Å². The Kier molecular flexibility index (Phi) is 2.41. The Hall–Kier alpha value is -0.580. The molecule has 0 spiro atoms. The molecule has 1 aliphatic rings. The van der Waals surface area contributed by atoms with Gasteiger partial charge in [0.2, 0.25) is 5.91 Å². The first-order valence-electron chi connectivity index (χ1n) is 3.93. The van der Waals surface area contributed by atoms with Crippen LogP contribution in [0.1, 0.15) is 20.3 Å². The summed E-state index contributed by atoms with van der Waals surface area (Å²) in [6.45, 7) is 3.84. The molecule has 0 aromatic heterocycles. The van der Waals surface area contributed by atoms with Crippen LogP contribution >= 0.6 is 0 Å². The normalized spacial score (nSPS) is 18.2. The Morgan fingerprint density at radius 1 is 1.50 bits per heavy atom. The van der Waals surface area contributed by atoms with Crippen molar-refractivity contribution in [3.05, 3.63) is 0 Å². The van der Waals surface area contributed by atoms with E-state index in [1.54, 1.807) is 13.8 Å². The number of rotatable bonds is 3. The average Bonchev–Trinajstić information content (AvgIpc) is 1.97. The van der Waals surface area contributed by atoms with Crippen LogP contribution in [0, 0.1) is 0 Å². The molecule has 0 saturated carbocycles. The molecule has 1 rings (SSSR count). The molecule has 1 fully saturated rings. The maximum atomic E-state index is 11.3. The highest BCUT2D eigenvalue weighted by atomic mass is 32.2. The smallest absolute Gasteiger partial charge is 0.225 e. The second kappa shape index (κ2) is 3.05.